The molecule has 0 bridgehead atoms. The minimum Gasteiger partial charge on any atom is -0.378 e. The lowest BCUT2D eigenvalue weighted by atomic mass is 10.2. The molecule has 0 aliphatic rings. The minimum atomic E-state index is 0.466. The van der Waals surface area contributed by atoms with Crippen LogP contribution in [0.1, 0.15) is 18.3 Å². The molecule has 0 radical (unpaired) electrons. The first-order valence-electron chi connectivity index (χ1n) is 6.25. The summed E-state index contributed by atoms with van der Waals surface area (Å²) in [6.07, 6.45) is 1.93. The molecule has 0 aromatic carbocycles. The molecule has 6 nitrogen and oxygen atoms in total. The van der Waals surface area contributed by atoms with E-state index >= 15 is 0 Å². The van der Waals surface area contributed by atoms with Gasteiger partial charge in [-0.2, -0.15) is 5.10 Å². The Morgan fingerprint density at radius 2 is 2.16 bits per heavy atom. The fourth-order valence-electron chi connectivity index (χ4n) is 1.93. The topological polar surface area (TPSA) is 64.9 Å². The van der Waals surface area contributed by atoms with Crippen molar-refractivity contribution in [3.8, 4) is 11.4 Å². The van der Waals surface area contributed by atoms with Gasteiger partial charge in [0.1, 0.15) is 5.82 Å². The van der Waals surface area contributed by atoms with Gasteiger partial charge >= 0.3 is 0 Å². The maximum Gasteiger partial charge on any atom is 0.165 e. The van der Waals surface area contributed by atoms with Gasteiger partial charge in [0.2, 0.25) is 0 Å². The summed E-state index contributed by atoms with van der Waals surface area (Å²) in [6, 6.07) is 1.90. The lowest BCUT2D eigenvalue weighted by Gasteiger charge is -2.08. The molecule has 2 aromatic rings. The van der Waals surface area contributed by atoms with Gasteiger partial charge in [-0.3, -0.25) is 4.68 Å². The van der Waals surface area contributed by atoms with Gasteiger partial charge in [-0.25, -0.2) is 9.97 Å². The van der Waals surface area contributed by atoms with Crippen LogP contribution in [0.15, 0.2) is 12.3 Å². The molecule has 0 spiro atoms. The second-order valence-electron chi connectivity index (χ2n) is 4.33. The molecule has 0 saturated heterocycles. The molecule has 0 unspecified atom stereocenters. The number of hydrogen-bond donors (Lipinski definition) is 1. The van der Waals surface area contributed by atoms with E-state index in [1.54, 1.807) is 11.8 Å². The summed E-state index contributed by atoms with van der Waals surface area (Å²) < 4.78 is 6.92. The highest BCUT2D eigenvalue weighted by Gasteiger charge is 2.11. The fraction of sp³-hybridized carbons (Fsp3) is 0.462. The zero-order valence-corrected chi connectivity index (χ0v) is 11.8. The van der Waals surface area contributed by atoms with Crippen molar-refractivity contribution in [2.24, 2.45) is 7.05 Å². The van der Waals surface area contributed by atoms with Gasteiger partial charge in [0, 0.05) is 33.0 Å². The van der Waals surface area contributed by atoms with E-state index in [9.17, 15) is 0 Å². The van der Waals surface area contributed by atoms with Crippen LogP contribution in [0.3, 0.4) is 0 Å². The van der Waals surface area contributed by atoms with Crippen LogP contribution in [0.5, 0.6) is 0 Å². The zero-order valence-electron chi connectivity index (χ0n) is 11.8. The van der Waals surface area contributed by atoms with Crippen LogP contribution in [0.2, 0.25) is 0 Å². The van der Waals surface area contributed by atoms with Crippen molar-refractivity contribution in [3.05, 3.63) is 23.7 Å². The van der Waals surface area contributed by atoms with Gasteiger partial charge in [0.05, 0.1) is 23.6 Å². The third-order valence-corrected chi connectivity index (χ3v) is 2.68. The Bertz CT molecular complexity index is 540. The van der Waals surface area contributed by atoms with Crippen molar-refractivity contribution in [2.75, 3.05) is 19.0 Å². The molecule has 2 heterocycles. The van der Waals surface area contributed by atoms with Crippen molar-refractivity contribution in [1.29, 1.82) is 0 Å². The number of aromatic nitrogens is 4. The van der Waals surface area contributed by atoms with Gasteiger partial charge < -0.3 is 10.1 Å². The van der Waals surface area contributed by atoms with Crippen molar-refractivity contribution < 1.29 is 4.74 Å². The largest absolute Gasteiger partial charge is 0.378 e. The molecule has 0 amide bonds. The molecule has 0 saturated carbocycles. The summed E-state index contributed by atoms with van der Waals surface area (Å²) in [7, 11) is 3.55. The normalized spacial score (nSPS) is 10.7. The van der Waals surface area contributed by atoms with Gasteiger partial charge in [0.25, 0.3) is 0 Å². The predicted octanol–water partition coefficient (Wildman–Crippen LogP) is 1.76. The smallest absolute Gasteiger partial charge is 0.165 e. The third-order valence-electron chi connectivity index (χ3n) is 2.68. The standard InChI is InChI=1S/C13H19N5O/c1-5-14-12-6-10(8-19-4)15-13(16-12)11-7-18(3)17-9(11)2/h6-7H,5,8H2,1-4H3,(H,14,15,16). The minimum absolute atomic E-state index is 0.466. The highest BCUT2D eigenvalue weighted by Crippen LogP contribution is 2.21. The molecule has 6 heteroatoms. The van der Waals surface area contributed by atoms with Crippen LogP contribution < -0.4 is 5.32 Å². The van der Waals surface area contributed by atoms with Crippen molar-refractivity contribution in [2.45, 2.75) is 20.5 Å². The number of hydrogen-bond acceptors (Lipinski definition) is 5. The summed E-state index contributed by atoms with van der Waals surface area (Å²) in [4.78, 5) is 9.04. The average molecular weight is 261 g/mol. The van der Waals surface area contributed by atoms with E-state index in [-0.39, 0.29) is 0 Å². The van der Waals surface area contributed by atoms with E-state index in [0.29, 0.717) is 12.4 Å². The van der Waals surface area contributed by atoms with E-state index in [4.69, 9.17) is 4.74 Å². The number of nitrogens with zero attached hydrogens (tertiary/aromatic N) is 4. The van der Waals surface area contributed by atoms with Crippen LogP contribution in [-0.4, -0.2) is 33.4 Å². The number of anilines is 1. The van der Waals surface area contributed by atoms with E-state index in [2.05, 4.69) is 20.4 Å². The summed E-state index contributed by atoms with van der Waals surface area (Å²) in [6.45, 7) is 5.27. The number of rotatable bonds is 5. The van der Waals surface area contributed by atoms with E-state index < -0.39 is 0 Å². The Morgan fingerprint density at radius 3 is 2.74 bits per heavy atom. The number of aryl methyl sites for hydroxylation is 2. The lowest BCUT2D eigenvalue weighted by molar-refractivity contribution is 0.181. The molecule has 0 fully saturated rings. The van der Waals surface area contributed by atoms with Crippen LogP contribution in [-0.2, 0) is 18.4 Å². The molecular formula is C13H19N5O. The van der Waals surface area contributed by atoms with Crippen LogP contribution in [0, 0.1) is 6.92 Å². The molecule has 0 aliphatic carbocycles. The van der Waals surface area contributed by atoms with Gasteiger partial charge in [-0.15, -0.1) is 0 Å². The van der Waals surface area contributed by atoms with Gasteiger partial charge in [0.15, 0.2) is 5.82 Å². The number of ether oxygens (including phenoxy) is 1. The first kappa shape index (κ1) is 13.5. The average Bonchev–Trinajstić information content (AvgIpc) is 2.69. The number of methoxy groups -OCH3 is 1. The Hall–Kier alpha value is -1.95. The monoisotopic (exact) mass is 261 g/mol. The lowest BCUT2D eigenvalue weighted by Crippen LogP contribution is -2.04. The van der Waals surface area contributed by atoms with Gasteiger partial charge in [-0.1, -0.05) is 0 Å². The van der Waals surface area contributed by atoms with E-state index in [1.165, 1.54) is 0 Å². The maximum atomic E-state index is 5.15. The molecular weight excluding hydrogens is 242 g/mol. The molecule has 0 atom stereocenters. The van der Waals surface area contributed by atoms with Crippen LogP contribution in [0.4, 0.5) is 5.82 Å². The predicted molar refractivity (Wildman–Crippen MR) is 73.8 cm³/mol. The van der Waals surface area contributed by atoms with E-state index in [1.807, 2.05) is 33.2 Å². The van der Waals surface area contributed by atoms with E-state index in [0.717, 1.165) is 29.3 Å². The Morgan fingerprint density at radius 1 is 1.37 bits per heavy atom. The van der Waals surface area contributed by atoms with Crippen molar-refractivity contribution in [1.82, 2.24) is 19.7 Å². The van der Waals surface area contributed by atoms with Gasteiger partial charge in [-0.05, 0) is 13.8 Å². The fourth-order valence-corrected chi connectivity index (χ4v) is 1.93. The molecule has 1 N–H and O–H groups in total. The Labute approximate surface area is 112 Å². The molecule has 2 aromatic heterocycles. The molecule has 0 aliphatic heterocycles. The van der Waals surface area contributed by atoms with Crippen LogP contribution in [0.25, 0.3) is 11.4 Å². The second-order valence-corrected chi connectivity index (χ2v) is 4.33. The highest BCUT2D eigenvalue weighted by molar-refractivity contribution is 5.59. The Balaban J connectivity index is 2.46. The third kappa shape index (κ3) is 3.08. The van der Waals surface area contributed by atoms with Crippen LogP contribution >= 0.6 is 0 Å². The first-order chi connectivity index (χ1) is 9.13. The van der Waals surface area contributed by atoms with Crippen molar-refractivity contribution >= 4 is 5.82 Å². The van der Waals surface area contributed by atoms with Crippen molar-refractivity contribution in [3.63, 3.8) is 0 Å². The summed E-state index contributed by atoms with van der Waals surface area (Å²) >= 11 is 0. The molecule has 19 heavy (non-hydrogen) atoms. The molecule has 2 rings (SSSR count). The maximum absolute atomic E-state index is 5.15. The second kappa shape index (κ2) is 5.79. The summed E-state index contributed by atoms with van der Waals surface area (Å²) in [5.41, 5.74) is 2.71. The highest BCUT2D eigenvalue weighted by atomic mass is 16.5. The first-order valence-corrected chi connectivity index (χ1v) is 6.25. The summed E-state index contributed by atoms with van der Waals surface area (Å²) in [5, 5.41) is 7.53. The Kier molecular flexibility index (Phi) is 4.11. The SMILES string of the molecule is CCNc1cc(COC)nc(-c2cn(C)nc2C)n1. The summed E-state index contributed by atoms with van der Waals surface area (Å²) in [5.74, 6) is 1.49. The zero-order chi connectivity index (χ0) is 13.8. The molecule has 102 valence electrons. The quantitative estimate of drug-likeness (QED) is 0.888. The number of nitrogens with one attached hydrogen (secondary N) is 1.